The maximum Gasteiger partial charge on any atom is 0.255 e. The average molecular weight is 444 g/mol. The SMILES string of the molecule is Cc1cc(Nc2ccc(F)cc2)n2nc(SCc3ccc(Br)cc3)nc2n1. The van der Waals surface area contributed by atoms with Crippen LogP contribution in [0.25, 0.3) is 5.78 Å². The molecule has 0 saturated heterocycles. The zero-order valence-electron chi connectivity index (χ0n) is 14.4. The number of fused-ring (bicyclic) bond motifs is 1. The van der Waals surface area contributed by atoms with Crippen molar-refractivity contribution in [2.24, 2.45) is 0 Å². The second kappa shape index (κ2) is 7.66. The molecule has 0 atom stereocenters. The minimum absolute atomic E-state index is 0.274. The Bertz CT molecular complexity index is 1080. The van der Waals surface area contributed by atoms with Crippen molar-refractivity contribution in [1.82, 2.24) is 19.6 Å². The molecule has 0 bridgehead atoms. The van der Waals surface area contributed by atoms with Crippen LogP contribution in [0.5, 0.6) is 0 Å². The van der Waals surface area contributed by atoms with Crippen LogP contribution in [-0.2, 0) is 5.75 Å². The van der Waals surface area contributed by atoms with E-state index in [1.807, 2.05) is 25.1 Å². The van der Waals surface area contributed by atoms with Crippen molar-refractivity contribution in [2.75, 3.05) is 5.32 Å². The largest absolute Gasteiger partial charge is 0.340 e. The van der Waals surface area contributed by atoms with E-state index < -0.39 is 0 Å². The van der Waals surface area contributed by atoms with E-state index in [9.17, 15) is 4.39 Å². The van der Waals surface area contributed by atoms with Crippen LogP contribution in [0.1, 0.15) is 11.3 Å². The molecular weight excluding hydrogens is 429 g/mol. The van der Waals surface area contributed by atoms with E-state index >= 15 is 0 Å². The smallest absolute Gasteiger partial charge is 0.255 e. The fraction of sp³-hybridized carbons (Fsp3) is 0.105. The first-order chi connectivity index (χ1) is 13.1. The summed E-state index contributed by atoms with van der Waals surface area (Å²) in [4.78, 5) is 8.97. The first-order valence-corrected chi connectivity index (χ1v) is 9.99. The maximum absolute atomic E-state index is 13.1. The number of nitrogens with zero attached hydrogens (tertiary/aromatic N) is 4. The van der Waals surface area contributed by atoms with Crippen molar-refractivity contribution in [3.8, 4) is 0 Å². The normalized spacial score (nSPS) is 11.1. The highest BCUT2D eigenvalue weighted by molar-refractivity contribution is 9.10. The standard InChI is InChI=1S/C19H15BrFN5S/c1-12-10-17(23-16-8-6-15(21)7-9-16)26-18(22-12)24-19(25-26)27-11-13-2-4-14(20)5-3-13/h2-10,23H,11H2,1H3. The van der Waals surface area contributed by atoms with Gasteiger partial charge in [-0.25, -0.2) is 9.37 Å². The topological polar surface area (TPSA) is 55.1 Å². The quantitative estimate of drug-likeness (QED) is 0.420. The molecule has 4 rings (SSSR count). The van der Waals surface area contributed by atoms with Crippen molar-refractivity contribution in [3.63, 3.8) is 0 Å². The number of hydrogen-bond acceptors (Lipinski definition) is 5. The minimum atomic E-state index is -0.274. The molecular formula is C19H15BrFN5S. The highest BCUT2D eigenvalue weighted by Gasteiger charge is 2.11. The zero-order valence-corrected chi connectivity index (χ0v) is 16.8. The third kappa shape index (κ3) is 4.28. The van der Waals surface area contributed by atoms with Crippen molar-refractivity contribution < 1.29 is 4.39 Å². The van der Waals surface area contributed by atoms with Crippen LogP contribution in [0.15, 0.2) is 64.2 Å². The summed E-state index contributed by atoms with van der Waals surface area (Å²) in [6.07, 6.45) is 0. The Morgan fingerprint density at radius 2 is 1.81 bits per heavy atom. The van der Waals surface area contributed by atoms with Crippen molar-refractivity contribution in [2.45, 2.75) is 17.8 Å². The Balaban J connectivity index is 1.59. The van der Waals surface area contributed by atoms with Gasteiger partial charge in [-0.15, -0.1) is 5.10 Å². The molecule has 0 spiro atoms. The van der Waals surface area contributed by atoms with Crippen LogP contribution >= 0.6 is 27.7 Å². The third-order valence-electron chi connectivity index (χ3n) is 3.82. The molecule has 27 heavy (non-hydrogen) atoms. The second-order valence-corrected chi connectivity index (χ2v) is 7.79. The highest BCUT2D eigenvalue weighted by Crippen LogP contribution is 2.24. The second-order valence-electron chi connectivity index (χ2n) is 5.94. The summed E-state index contributed by atoms with van der Waals surface area (Å²) in [5, 5.41) is 8.46. The van der Waals surface area contributed by atoms with Crippen LogP contribution in [0.3, 0.4) is 0 Å². The van der Waals surface area contributed by atoms with E-state index in [0.717, 1.165) is 27.4 Å². The van der Waals surface area contributed by atoms with Gasteiger partial charge in [-0.05, 0) is 48.9 Å². The number of thioether (sulfide) groups is 1. The fourth-order valence-electron chi connectivity index (χ4n) is 2.53. The Labute approximate surface area is 168 Å². The summed E-state index contributed by atoms with van der Waals surface area (Å²) < 4.78 is 15.8. The molecule has 0 radical (unpaired) electrons. The summed E-state index contributed by atoms with van der Waals surface area (Å²) >= 11 is 4.99. The molecule has 0 amide bonds. The monoisotopic (exact) mass is 443 g/mol. The highest BCUT2D eigenvalue weighted by atomic mass is 79.9. The maximum atomic E-state index is 13.1. The van der Waals surface area contributed by atoms with Gasteiger partial charge in [0.25, 0.3) is 5.78 Å². The predicted octanol–water partition coefficient (Wildman–Crippen LogP) is 5.37. The average Bonchev–Trinajstić information content (AvgIpc) is 3.06. The number of anilines is 2. The van der Waals surface area contributed by atoms with Gasteiger partial charge in [0.1, 0.15) is 11.6 Å². The molecule has 0 aliphatic heterocycles. The predicted molar refractivity (Wildman–Crippen MR) is 109 cm³/mol. The Morgan fingerprint density at radius 1 is 1.07 bits per heavy atom. The van der Waals surface area contributed by atoms with Gasteiger partial charge in [-0.2, -0.15) is 9.50 Å². The van der Waals surface area contributed by atoms with Crippen molar-refractivity contribution in [3.05, 3.63) is 76.1 Å². The third-order valence-corrected chi connectivity index (χ3v) is 5.26. The number of aromatic nitrogens is 4. The van der Waals surface area contributed by atoms with E-state index in [2.05, 4.69) is 48.4 Å². The molecule has 8 heteroatoms. The molecule has 4 aromatic rings. The number of hydrogen-bond donors (Lipinski definition) is 1. The lowest BCUT2D eigenvalue weighted by molar-refractivity contribution is 0.628. The van der Waals surface area contributed by atoms with Crippen molar-refractivity contribution >= 4 is 45.0 Å². The van der Waals surface area contributed by atoms with Gasteiger partial charge in [-0.1, -0.05) is 39.8 Å². The summed E-state index contributed by atoms with van der Waals surface area (Å²) in [5.74, 6) is 1.75. The fourth-order valence-corrected chi connectivity index (χ4v) is 3.57. The van der Waals surface area contributed by atoms with E-state index in [-0.39, 0.29) is 5.82 Å². The lowest BCUT2D eigenvalue weighted by atomic mass is 10.2. The molecule has 2 aromatic heterocycles. The molecule has 0 unspecified atom stereocenters. The molecule has 2 aromatic carbocycles. The van der Waals surface area contributed by atoms with E-state index in [0.29, 0.717) is 10.9 Å². The molecule has 0 fully saturated rings. The van der Waals surface area contributed by atoms with Gasteiger partial charge in [0, 0.05) is 27.7 Å². The Kier molecular flexibility index (Phi) is 5.09. The number of halogens is 2. The van der Waals surface area contributed by atoms with Gasteiger partial charge in [0.2, 0.25) is 5.16 Å². The first kappa shape index (κ1) is 17.9. The Hall–Kier alpha value is -2.45. The van der Waals surface area contributed by atoms with E-state index in [4.69, 9.17) is 0 Å². The van der Waals surface area contributed by atoms with E-state index in [1.165, 1.54) is 17.7 Å². The zero-order chi connectivity index (χ0) is 18.8. The molecule has 2 heterocycles. The van der Waals surface area contributed by atoms with Gasteiger partial charge >= 0.3 is 0 Å². The minimum Gasteiger partial charge on any atom is -0.340 e. The van der Waals surface area contributed by atoms with Gasteiger partial charge in [0.15, 0.2) is 0 Å². The van der Waals surface area contributed by atoms with Crippen LogP contribution in [0.2, 0.25) is 0 Å². The molecule has 0 saturated carbocycles. The number of rotatable bonds is 5. The van der Waals surface area contributed by atoms with Crippen LogP contribution in [-0.4, -0.2) is 19.6 Å². The summed E-state index contributed by atoms with van der Waals surface area (Å²) in [7, 11) is 0. The van der Waals surface area contributed by atoms with Crippen molar-refractivity contribution in [1.29, 1.82) is 0 Å². The summed E-state index contributed by atoms with van der Waals surface area (Å²) in [5.41, 5.74) is 2.78. The Morgan fingerprint density at radius 3 is 2.56 bits per heavy atom. The molecule has 0 aliphatic carbocycles. The lowest BCUT2D eigenvalue weighted by Gasteiger charge is -2.08. The molecule has 5 nitrogen and oxygen atoms in total. The van der Waals surface area contributed by atoms with Crippen LogP contribution in [0, 0.1) is 12.7 Å². The van der Waals surface area contributed by atoms with Gasteiger partial charge < -0.3 is 5.32 Å². The van der Waals surface area contributed by atoms with E-state index in [1.54, 1.807) is 28.4 Å². The van der Waals surface area contributed by atoms with Crippen LogP contribution in [0.4, 0.5) is 15.9 Å². The van der Waals surface area contributed by atoms with Gasteiger partial charge in [0.05, 0.1) is 0 Å². The first-order valence-electron chi connectivity index (χ1n) is 8.21. The van der Waals surface area contributed by atoms with Gasteiger partial charge in [-0.3, -0.25) is 0 Å². The lowest BCUT2D eigenvalue weighted by Crippen LogP contribution is -2.02. The number of aryl methyl sites for hydroxylation is 1. The number of nitrogens with one attached hydrogen (secondary N) is 1. The molecule has 136 valence electrons. The summed E-state index contributed by atoms with van der Waals surface area (Å²) in [6.45, 7) is 1.90. The summed E-state index contributed by atoms with van der Waals surface area (Å²) in [6, 6.07) is 16.2. The van der Waals surface area contributed by atoms with Crippen LogP contribution < -0.4 is 5.32 Å². The molecule has 0 aliphatic rings. The molecule has 1 N–H and O–H groups in total. The number of benzene rings is 2.